The van der Waals surface area contributed by atoms with E-state index in [1.807, 2.05) is 50.2 Å². The lowest BCUT2D eigenvalue weighted by molar-refractivity contribution is -0.145. The minimum absolute atomic E-state index is 0.0618. The quantitative estimate of drug-likeness (QED) is 0.690. The van der Waals surface area contributed by atoms with Crippen molar-refractivity contribution in [1.82, 2.24) is 4.57 Å². The number of thiazole rings is 1. The van der Waals surface area contributed by atoms with E-state index in [0.717, 1.165) is 32.7 Å². The van der Waals surface area contributed by atoms with E-state index in [1.165, 1.54) is 10.1 Å². The maximum Gasteiger partial charge on any atom is 0.326 e. The second-order valence-electron chi connectivity index (χ2n) is 5.51. The van der Waals surface area contributed by atoms with Gasteiger partial charge < -0.3 is 4.74 Å². The van der Waals surface area contributed by atoms with Gasteiger partial charge in [0.2, 0.25) is 0 Å². The summed E-state index contributed by atoms with van der Waals surface area (Å²) < 4.78 is 7.67. The summed E-state index contributed by atoms with van der Waals surface area (Å²) in [6.45, 7) is 4.18. The molecule has 0 fully saturated rings. The third-order valence-electron chi connectivity index (χ3n) is 3.75. The number of esters is 1. The molecular weight excluding hydrogens is 310 g/mol. The van der Waals surface area contributed by atoms with Crippen molar-refractivity contribution in [3.05, 3.63) is 68.8 Å². The molecule has 0 saturated carbocycles. The Morgan fingerprint density at radius 1 is 1.17 bits per heavy atom. The lowest BCUT2D eigenvalue weighted by Crippen LogP contribution is -2.21. The zero-order chi connectivity index (χ0) is 16.4. The number of aromatic nitrogens is 1. The van der Waals surface area contributed by atoms with Gasteiger partial charge in [-0.15, -0.1) is 0 Å². The van der Waals surface area contributed by atoms with E-state index in [0.29, 0.717) is 0 Å². The van der Waals surface area contributed by atoms with Gasteiger partial charge in [-0.25, -0.2) is 0 Å². The molecule has 0 bridgehead atoms. The van der Waals surface area contributed by atoms with Crippen molar-refractivity contribution in [3.63, 3.8) is 0 Å². The Labute approximate surface area is 138 Å². The highest BCUT2D eigenvalue weighted by Gasteiger charge is 2.12. The molecule has 0 aliphatic heterocycles. The monoisotopic (exact) mass is 327 g/mol. The smallest absolute Gasteiger partial charge is 0.326 e. The standard InChI is InChI=1S/C18H17NO3S/c1-12-7-8-14(13(2)9-12)11-22-17(20)10-19-15-5-3-4-6-16(15)23-18(19)21/h3-9H,10-11H2,1-2H3. The molecule has 0 spiro atoms. The lowest BCUT2D eigenvalue weighted by Gasteiger charge is -2.09. The van der Waals surface area contributed by atoms with Gasteiger partial charge in [-0.05, 0) is 37.1 Å². The number of hydrogen-bond donors (Lipinski definition) is 0. The Bertz CT molecular complexity index is 923. The topological polar surface area (TPSA) is 48.3 Å². The normalized spacial score (nSPS) is 10.9. The fourth-order valence-corrected chi connectivity index (χ4v) is 3.40. The Hall–Kier alpha value is -2.40. The third-order valence-corrected chi connectivity index (χ3v) is 4.71. The summed E-state index contributed by atoms with van der Waals surface area (Å²) in [5, 5.41) is 0. The molecule has 1 aromatic heterocycles. The predicted molar refractivity (Wildman–Crippen MR) is 91.8 cm³/mol. The fraction of sp³-hybridized carbons (Fsp3) is 0.222. The molecule has 4 nitrogen and oxygen atoms in total. The largest absolute Gasteiger partial charge is 0.459 e. The number of aryl methyl sites for hydroxylation is 2. The van der Waals surface area contributed by atoms with Crippen molar-refractivity contribution in [1.29, 1.82) is 0 Å². The Morgan fingerprint density at radius 2 is 1.96 bits per heavy atom. The molecule has 0 radical (unpaired) electrons. The summed E-state index contributed by atoms with van der Waals surface area (Å²) in [6, 6.07) is 13.5. The Morgan fingerprint density at radius 3 is 2.74 bits per heavy atom. The average molecular weight is 327 g/mol. The first-order chi connectivity index (χ1) is 11.0. The zero-order valence-electron chi connectivity index (χ0n) is 13.0. The lowest BCUT2D eigenvalue weighted by atomic mass is 10.1. The van der Waals surface area contributed by atoms with Crippen LogP contribution >= 0.6 is 11.3 Å². The van der Waals surface area contributed by atoms with E-state index in [4.69, 9.17) is 4.74 Å². The number of carbonyl (C=O) groups is 1. The molecule has 2 aromatic carbocycles. The van der Waals surface area contributed by atoms with Crippen LogP contribution in [0.4, 0.5) is 0 Å². The average Bonchev–Trinajstić information content (AvgIpc) is 2.82. The summed E-state index contributed by atoms with van der Waals surface area (Å²) in [4.78, 5) is 24.0. The molecule has 5 heteroatoms. The van der Waals surface area contributed by atoms with Gasteiger partial charge in [0.15, 0.2) is 0 Å². The van der Waals surface area contributed by atoms with Crippen LogP contribution in [-0.4, -0.2) is 10.5 Å². The van der Waals surface area contributed by atoms with Gasteiger partial charge in [0.25, 0.3) is 0 Å². The number of rotatable bonds is 4. The van der Waals surface area contributed by atoms with Crippen molar-refractivity contribution in [2.45, 2.75) is 27.0 Å². The number of carbonyl (C=O) groups excluding carboxylic acids is 1. The molecule has 118 valence electrons. The molecule has 0 unspecified atom stereocenters. The van der Waals surface area contributed by atoms with Gasteiger partial charge in [0.05, 0.1) is 10.2 Å². The minimum Gasteiger partial charge on any atom is -0.459 e. The molecule has 0 aliphatic carbocycles. The second kappa shape index (κ2) is 6.38. The van der Waals surface area contributed by atoms with Crippen LogP contribution in [0.25, 0.3) is 10.2 Å². The van der Waals surface area contributed by atoms with E-state index in [1.54, 1.807) is 0 Å². The first-order valence-corrected chi connectivity index (χ1v) is 8.16. The van der Waals surface area contributed by atoms with E-state index >= 15 is 0 Å². The summed E-state index contributed by atoms with van der Waals surface area (Å²) in [5.74, 6) is -0.407. The summed E-state index contributed by atoms with van der Waals surface area (Å²) in [6.07, 6.45) is 0. The Balaban J connectivity index is 1.72. The third kappa shape index (κ3) is 3.35. The van der Waals surface area contributed by atoms with Crippen molar-refractivity contribution < 1.29 is 9.53 Å². The number of ether oxygens (including phenoxy) is 1. The number of benzene rings is 2. The van der Waals surface area contributed by atoms with Crippen molar-refractivity contribution >= 4 is 27.5 Å². The van der Waals surface area contributed by atoms with Crippen molar-refractivity contribution in [2.24, 2.45) is 0 Å². The molecule has 3 rings (SSSR count). The van der Waals surface area contributed by atoms with Gasteiger partial charge in [0, 0.05) is 0 Å². The molecule has 0 atom stereocenters. The maximum absolute atomic E-state index is 12.1. The van der Waals surface area contributed by atoms with Gasteiger partial charge in [-0.2, -0.15) is 0 Å². The molecule has 0 saturated heterocycles. The molecular formula is C18H17NO3S. The van der Waals surface area contributed by atoms with Crippen LogP contribution < -0.4 is 4.87 Å². The molecule has 3 aromatic rings. The molecule has 1 heterocycles. The first kappa shape index (κ1) is 15.5. The van der Waals surface area contributed by atoms with E-state index in [9.17, 15) is 9.59 Å². The second-order valence-corrected chi connectivity index (χ2v) is 6.51. The van der Waals surface area contributed by atoms with Crippen molar-refractivity contribution in [2.75, 3.05) is 0 Å². The minimum atomic E-state index is -0.407. The molecule has 0 aliphatic rings. The number of nitrogens with zero attached hydrogens (tertiary/aromatic N) is 1. The van der Waals surface area contributed by atoms with E-state index in [2.05, 4.69) is 6.07 Å². The number of fused-ring (bicyclic) bond motifs is 1. The summed E-state index contributed by atoms with van der Waals surface area (Å²) in [5.41, 5.74) is 4.02. The summed E-state index contributed by atoms with van der Waals surface area (Å²) >= 11 is 1.14. The van der Waals surface area contributed by atoms with Crippen LogP contribution in [0.2, 0.25) is 0 Å². The van der Waals surface area contributed by atoms with Gasteiger partial charge in [-0.1, -0.05) is 47.2 Å². The molecule has 0 N–H and O–H groups in total. The highest BCUT2D eigenvalue weighted by molar-refractivity contribution is 7.16. The maximum atomic E-state index is 12.1. The zero-order valence-corrected chi connectivity index (χ0v) is 13.9. The molecule has 0 amide bonds. The Kier molecular flexibility index (Phi) is 4.30. The van der Waals surface area contributed by atoms with Crippen LogP contribution in [-0.2, 0) is 22.7 Å². The van der Waals surface area contributed by atoms with Crippen LogP contribution in [0.15, 0.2) is 47.3 Å². The van der Waals surface area contributed by atoms with Gasteiger partial charge >= 0.3 is 10.8 Å². The van der Waals surface area contributed by atoms with E-state index in [-0.39, 0.29) is 18.0 Å². The van der Waals surface area contributed by atoms with Crippen molar-refractivity contribution in [3.8, 4) is 0 Å². The first-order valence-electron chi connectivity index (χ1n) is 7.35. The number of para-hydroxylation sites is 1. The summed E-state index contributed by atoms with van der Waals surface area (Å²) in [7, 11) is 0. The van der Waals surface area contributed by atoms with Crippen LogP contribution in [0.5, 0.6) is 0 Å². The fourth-order valence-electron chi connectivity index (χ4n) is 2.50. The highest BCUT2D eigenvalue weighted by Crippen LogP contribution is 2.17. The predicted octanol–water partition coefficient (Wildman–Crippen LogP) is 3.42. The SMILES string of the molecule is Cc1ccc(COC(=O)Cn2c(=O)sc3ccccc32)c(C)c1. The van der Waals surface area contributed by atoms with Gasteiger partial charge in [0.1, 0.15) is 13.2 Å². The van der Waals surface area contributed by atoms with Crippen LogP contribution in [0, 0.1) is 13.8 Å². The van der Waals surface area contributed by atoms with E-state index < -0.39 is 5.97 Å². The number of hydrogen-bond acceptors (Lipinski definition) is 4. The van der Waals surface area contributed by atoms with Crippen LogP contribution in [0.1, 0.15) is 16.7 Å². The highest BCUT2D eigenvalue weighted by atomic mass is 32.1. The molecule has 23 heavy (non-hydrogen) atoms. The van der Waals surface area contributed by atoms with Crippen LogP contribution in [0.3, 0.4) is 0 Å². The van der Waals surface area contributed by atoms with Gasteiger partial charge in [-0.3, -0.25) is 14.2 Å².